The number of rotatable bonds is 10. The second-order valence-corrected chi connectivity index (χ2v) is 12.8. The highest BCUT2D eigenvalue weighted by molar-refractivity contribution is 6.77. The zero-order chi connectivity index (χ0) is 18.3. The van der Waals surface area contributed by atoms with Crippen molar-refractivity contribution >= 4 is 8.07 Å². The molecule has 3 nitrogen and oxygen atoms in total. The van der Waals surface area contributed by atoms with E-state index in [0.29, 0.717) is 5.75 Å². The van der Waals surface area contributed by atoms with E-state index in [1.165, 1.54) is 30.5 Å². The zero-order valence-corrected chi connectivity index (χ0v) is 17.4. The summed E-state index contributed by atoms with van der Waals surface area (Å²) in [7, 11) is 3.79. The van der Waals surface area contributed by atoms with Crippen molar-refractivity contribution in [3.63, 3.8) is 0 Å². The van der Waals surface area contributed by atoms with E-state index in [9.17, 15) is 0 Å². The molecule has 0 spiro atoms. The van der Waals surface area contributed by atoms with Gasteiger partial charge in [0.1, 0.15) is 0 Å². The Hall–Kier alpha value is -1.68. The van der Waals surface area contributed by atoms with E-state index in [1.807, 2.05) is 0 Å². The van der Waals surface area contributed by atoms with Gasteiger partial charge in [0.05, 0.1) is 21.3 Å². The fourth-order valence-corrected chi connectivity index (χ4v) is 5.71. The van der Waals surface area contributed by atoms with Crippen molar-refractivity contribution in [1.82, 2.24) is 0 Å². The molecule has 1 aromatic carbocycles. The lowest BCUT2D eigenvalue weighted by Crippen LogP contribution is -2.25. The maximum atomic E-state index is 5.47. The second kappa shape index (κ2) is 9.14. The molecule has 0 aromatic heterocycles. The van der Waals surface area contributed by atoms with Crippen LogP contribution in [0.4, 0.5) is 0 Å². The predicted octanol–water partition coefficient (Wildman–Crippen LogP) is 5.63. The van der Waals surface area contributed by atoms with Crippen molar-refractivity contribution < 1.29 is 14.2 Å². The number of hydrogen-bond donors (Lipinski definition) is 0. The minimum absolute atomic E-state index is 0.670. The third-order valence-corrected chi connectivity index (χ3v) is 8.33. The van der Waals surface area contributed by atoms with Crippen LogP contribution in [0.3, 0.4) is 0 Å². The molecule has 25 heavy (non-hydrogen) atoms. The molecule has 138 valence electrons. The van der Waals surface area contributed by atoms with Crippen LogP contribution in [0.2, 0.25) is 25.2 Å². The van der Waals surface area contributed by atoms with Gasteiger partial charge in [-0.25, -0.2) is 0 Å². The summed E-state index contributed by atoms with van der Waals surface area (Å²) in [5, 5.41) is 0. The largest absolute Gasteiger partial charge is 0.493 e. The van der Waals surface area contributed by atoms with E-state index in [4.69, 9.17) is 14.2 Å². The van der Waals surface area contributed by atoms with E-state index in [-0.39, 0.29) is 0 Å². The summed E-state index contributed by atoms with van der Waals surface area (Å²) in [5.41, 5.74) is 2.85. The molecule has 1 aliphatic carbocycles. The lowest BCUT2D eigenvalue weighted by atomic mass is 10.1. The molecule has 1 aliphatic rings. The molecule has 0 N–H and O–H groups in total. The molecular weight excluding hydrogens is 328 g/mol. The highest BCUT2D eigenvalue weighted by Gasteiger charge is 2.21. The van der Waals surface area contributed by atoms with Gasteiger partial charge < -0.3 is 14.2 Å². The monoisotopic (exact) mass is 360 g/mol. The van der Waals surface area contributed by atoms with Crippen molar-refractivity contribution in [2.75, 3.05) is 21.3 Å². The summed E-state index contributed by atoms with van der Waals surface area (Å²) in [5.74, 6) is 2.16. The molecule has 0 amide bonds. The summed E-state index contributed by atoms with van der Waals surface area (Å²) < 4.78 is 16.3. The molecule has 0 atom stereocenters. The van der Waals surface area contributed by atoms with Gasteiger partial charge in [0.2, 0.25) is 5.75 Å². The SMILES string of the molecule is COc1cc(CC[Si](C)(C)CCCC2=CC=CC2)cc(OC)c1OC. The van der Waals surface area contributed by atoms with Crippen LogP contribution in [0.5, 0.6) is 17.2 Å². The first-order valence-electron chi connectivity index (χ1n) is 9.12. The molecular formula is C21H32O3Si. The van der Waals surface area contributed by atoms with Gasteiger partial charge in [0.25, 0.3) is 0 Å². The maximum Gasteiger partial charge on any atom is 0.203 e. The van der Waals surface area contributed by atoms with Gasteiger partial charge in [0.15, 0.2) is 11.5 Å². The molecule has 0 aliphatic heterocycles. The Morgan fingerprint density at radius 1 is 0.920 bits per heavy atom. The van der Waals surface area contributed by atoms with Crippen LogP contribution in [0, 0.1) is 0 Å². The Kier molecular flexibility index (Phi) is 7.18. The van der Waals surface area contributed by atoms with Gasteiger partial charge in [-0.05, 0) is 37.0 Å². The predicted molar refractivity (Wildman–Crippen MR) is 108 cm³/mol. The van der Waals surface area contributed by atoms with Gasteiger partial charge in [-0.2, -0.15) is 0 Å². The van der Waals surface area contributed by atoms with E-state index >= 15 is 0 Å². The molecule has 1 aromatic rings. The van der Waals surface area contributed by atoms with Crippen molar-refractivity contribution in [2.45, 2.75) is 50.9 Å². The number of benzene rings is 1. The Labute approximate surface area is 153 Å². The van der Waals surface area contributed by atoms with E-state index in [1.54, 1.807) is 26.9 Å². The number of allylic oxidation sites excluding steroid dienone is 4. The van der Waals surface area contributed by atoms with Crippen molar-refractivity contribution in [1.29, 1.82) is 0 Å². The van der Waals surface area contributed by atoms with Crippen molar-refractivity contribution in [3.05, 3.63) is 41.5 Å². The van der Waals surface area contributed by atoms with Crippen LogP contribution in [0.15, 0.2) is 35.9 Å². The normalized spacial score (nSPS) is 13.7. The third-order valence-electron chi connectivity index (χ3n) is 5.01. The van der Waals surface area contributed by atoms with Crippen LogP contribution in [0.1, 0.15) is 24.8 Å². The quantitative estimate of drug-likeness (QED) is 0.506. The highest BCUT2D eigenvalue weighted by Crippen LogP contribution is 2.39. The van der Waals surface area contributed by atoms with Crippen molar-refractivity contribution in [3.8, 4) is 17.2 Å². The number of hydrogen-bond acceptors (Lipinski definition) is 3. The van der Waals surface area contributed by atoms with Crippen LogP contribution in [-0.4, -0.2) is 29.4 Å². The fourth-order valence-electron chi connectivity index (χ4n) is 3.36. The lowest BCUT2D eigenvalue weighted by Gasteiger charge is -2.23. The first-order chi connectivity index (χ1) is 12.0. The topological polar surface area (TPSA) is 27.7 Å². The van der Waals surface area contributed by atoms with E-state index in [0.717, 1.165) is 24.3 Å². The Balaban J connectivity index is 1.92. The number of methoxy groups -OCH3 is 3. The van der Waals surface area contributed by atoms with Gasteiger partial charge in [0, 0.05) is 8.07 Å². The van der Waals surface area contributed by atoms with Gasteiger partial charge in [-0.1, -0.05) is 55.4 Å². The third kappa shape index (κ3) is 5.67. The first-order valence-corrected chi connectivity index (χ1v) is 12.5. The molecule has 0 radical (unpaired) electrons. The van der Waals surface area contributed by atoms with Gasteiger partial charge in [-0.15, -0.1) is 0 Å². The second-order valence-electron chi connectivity index (χ2n) is 7.51. The average molecular weight is 361 g/mol. The average Bonchev–Trinajstić information content (AvgIpc) is 3.12. The number of ether oxygens (including phenoxy) is 3. The number of aryl methyl sites for hydroxylation is 1. The molecule has 2 rings (SSSR count). The standard InChI is InChI=1S/C21H32O3Si/c1-22-19-15-18(16-20(23-2)21(19)24-3)12-14-25(4,5)13-8-11-17-9-6-7-10-17/h6-7,9,15-16H,8,10-14H2,1-5H3. The Morgan fingerprint density at radius 3 is 2.12 bits per heavy atom. The van der Waals surface area contributed by atoms with Crippen molar-refractivity contribution in [2.24, 2.45) is 0 Å². The minimum atomic E-state index is -1.20. The first kappa shape index (κ1) is 19.6. The molecule has 0 bridgehead atoms. The Morgan fingerprint density at radius 2 is 1.60 bits per heavy atom. The van der Waals surface area contributed by atoms with Crippen LogP contribution < -0.4 is 14.2 Å². The van der Waals surface area contributed by atoms with Crippen LogP contribution in [-0.2, 0) is 6.42 Å². The van der Waals surface area contributed by atoms with E-state index < -0.39 is 8.07 Å². The van der Waals surface area contributed by atoms with E-state index in [2.05, 4.69) is 43.5 Å². The highest BCUT2D eigenvalue weighted by atomic mass is 28.3. The zero-order valence-electron chi connectivity index (χ0n) is 16.4. The molecule has 0 fully saturated rings. The lowest BCUT2D eigenvalue weighted by molar-refractivity contribution is 0.324. The summed E-state index contributed by atoms with van der Waals surface area (Å²) in [6.45, 7) is 5.01. The van der Waals surface area contributed by atoms with Gasteiger partial charge in [-0.3, -0.25) is 0 Å². The Bertz CT molecular complexity index is 607. The van der Waals surface area contributed by atoms with Gasteiger partial charge >= 0.3 is 0 Å². The molecule has 0 saturated heterocycles. The minimum Gasteiger partial charge on any atom is -0.493 e. The smallest absolute Gasteiger partial charge is 0.203 e. The fraction of sp³-hybridized carbons (Fsp3) is 0.524. The summed E-state index contributed by atoms with van der Waals surface area (Å²) in [4.78, 5) is 0. The summed E-state index contributed by atoms with van der Waals surface area (Å²) in [6.07, 6.45) is 11.5. The molecule has 0 unspecified atom stereocenters. The summed E-state index contributed by atoms with van der Waals surface area (Å²) >= 11 is 0. The van der Waals surface area contributed by atoms with Crippen LogP contribution >= 0.6 is 0 Å². The molecule has 0 saturated carbocycles. The molecule has 4 heteroatoms. The molecule has 0 heterocycles. The van der Waals surface area contributed by atoms with Crippen LogP contribution in [0.25, 0.3) is 0 Å². The summed E-state index contributed by atoms with van der Waals surface area (Å²) in [6, 6.07) is 6.83. The maximum absolute atomic E-state index is 5.47.